The molecule has 0 saturated carbocycles. The van der Waals surface area contributed by atoms with Crippen molar-refractivity contribution in [3.8, 4) is 5.75 Å². The smallest absolute Gasteiger partial charge is 0.379 e. The average Bonchev–Trinajstić information content (AvgIpc) is 2.61. The maximum absolute atomic E-state index is 12.1. The lowest BCUT2D eigenvalue weighted by atomic mass is 10.1. The highest BCUT2D eigenvalue weighted by molar-refractivity contribution is 5.82. The van der Waals surface area contributed by atoms with E-state index in [-0.39, 0.29) is 18.2 Å². The van der Waals surface area contributed by atoms with Crippen molar-refractivity contribution >= 4 is 22.3 Å². The van der Waals surface area contributed by atoms with Gasteiger partial charge in [-0.15, -0.1) is 0 Å². The van der Waals surface area contributed by atoms with Crippen LogP contribution in [-0.4, -0.2) is 11.7 Å². The Morgan fingerprint density at radius 2 is 1.96 bits per heavy atom. The van der Waals surface area contributed by atoms with Gasteiger partial charge in [0.2, 0.25) is 5.75 Å². The van der Waals surface area contributed by atoms with Crippen molar-refractivity contribution in [1.29, 1.82) is 0 Å². The van der Waals surface area contributed by atoms with Gasteiger partial charge in [0.15, 0.2) is 6.73 Å². The third-order valence-electron chi connectivity index (χ3n) is 3.99. The van der Waals surface area contributed by atoms with Crippen LogP contribution in [-0.2, 0) is 6.54 Å². The van der Waals surface area contributed by atoms with Crippen molar-refractivity contribution in [3.63, 3.8) is 0 Å². The molecule has 0 aliphatic carbocycles. The maximum Gasteiger partial charge on any atom is 0.379 e. The van der Waals surface area contributed by atoms with Crippen LogP contribution in [0.4, 0.5) is 11.4 Å². The van der Waals surface area contributed by atoms with Crippen LogP contribution in [0.1, 0.15) is 5.56 Å². The summed E-state index contributed by atoms with van der Waals surface area (Å²) in [6.45, 7) is 0.528. The molecule has 120 valence electrons. The largest absolute Gasteiger partial charge is 0.465 e. The number of hydrogen-bond donors (Lipinski definition) is 0. The van der Waals surface area contributed by atoms with Crippen molar-refractivity contribution in [2.45, 2.75) is 6.54 Å². The Hall–Kier alpha value is -3.35. The lowest BCUT2D eigenvalue weighted by molar-refractivity contribution is -0.384. The Bertz CT molecular complexity index is 1010. The van der Waals surface area contributed by atoms with Crippen molar-refractivity contribution in [3.05, 3.63) is 74.6 Å². The van der Waals surface area contributed by atoms with Crippen LogP contribution in [0.5, 0.6) is 5.75 Å². The van der Waals surface area contributed by atoms with Crippen LogP contribution < -0.4 is 15.3 Å². The van der Waals surface area contributed by atoms with E-state index in [9.17, 15) is 14.9 Å². The molecule has 0 N–H and O–H groups in total. The van der Waals surface area contributed by atoms with Gasteiger partial charge in [-0.2, -0.15) is 0 Å². The van der Waals surface area contributed by atoms with Crippen LogP contribution in [0.15, 0.2) is 57.7 Å². The van der Waals surface area contributed by atoms with E-state index >= 15 is 0 Å². The molecule has 2 heterocycles. The molecule has 24 heavy (non-hydrogen) atoms. The summed E-state index contributed by atoms with van der Waals surface area (Å²) in [7, 11) is 0. The summed E-state index contributed by atoms with van der Waals surface area (Å²) in [6.07, 6.45) is 0. The zero-order valence-corrected chi connectivity index (χ0v) is 12.5. The molecular weight excluding hydrogens is 312 g/mol. The predicted molar refractivity (Wildman–Crippen MR) is 87.3 cm³/mol. The topological polar surface area (TPSA) is 85.8 Å². The molecule has 0 amide bonds. The first-order valence-corrected chi connectivity index (χ1v) is 7.30. The van der Waals surface area contributed by atoms with E-state index in [1.807, 2.05) is 17.0 Å². The Morgan fingerprint density at radius 3 is 2.79 bits per heavy atom. The van der Waals surface area contributed by atoms with Gasteiger partial charge < -0.3 is 14.1 Å². The normalized spacial score (nSPS) is 13.4. The second-order valence-electron chi connectivity index (χ2n) is 5.44. The number of rotatable bonds is 2. The minimum atomic E-state index is -0.512. The molecule has 0 unspecified atom stereocenters. The Morgan fingerprint density at radius 1 is 1.12 bits per heavy atom. The molecule has 0 radical (unpaired) electrons. The van der Waals surface area contributed by atoms with Gasteiger partial charge in [0.05, 0.1) is 11.5 Å². The average molecular weight is 324 g/mol. The molecule has 0 fully saturated rings. The summed E-state index contributed by atoms with van der Waals surface area (Å²) in [5, 5.41) is 11.7. The first kappa shape index (κ1) is 14.3. The number of nitrogens with zero attached hydrogens (tertiary/aromatic N) is 2. The van der Waals surface area contributed by atoms with E-state index in [1.165, 1.54) is 12.1 Å². The van der Waals surface area contributed by atoms with Gasteiger partial charge in [-0.1, -0.05) is 24.3 Å². The molecule has 0 saturated heterocycles. The molecule has 1 aliphatic rings. The fourth-order valence-corrected chi connectivity index (χ4v) is 2.85. The molecule has 0 atom stereocenters. The highest BCUT2D eigenvalue weighted by Gasteiger charge is 2.24. The second-order valence-corrected chi connectivity index (χ2v) is 5.44. The SMILES string of the molecule is O=c1oc2ccccc2c2c1OCN(c1cccc([N+](=O)[O-])c1)C2. The number of fused-ring (bicyclic) bond motifs is 3. The van der Waals surface area contributed by atoms with Crippen molar-refractivity contribution in [2.75, 3.05) is 11.6 Å². The molecule has 0 spiro atoms. The lowest BCUT2D eigenvalue weighted by Crippen LogP contribution is -2.34. The summed E-state index contributed by atoms with van der Waals surface area (Å²) >= 11 is 0. The quantitative estimate of drug-likeness (QED) is 0.409. The highest BCUT2D eigenvalue weighted by atomic mass is 16.6. The van der Waals surface area contributed by atoms with E-state index in [0.29, 0.717) is 17.8 Å². The summed E-state index contributed by atoms with van der Waals surface area (Å²) in [5.41, 5.74) is 1.37. The monoisotopic (exact) mass is 324 g/mol. The predicted octanol–water partition coefficient (Wildman–Crippen LogP) is 3.06. The van der Waals surface area contributed by atoms with Crippen LogP contribution in [0.2, 0.25) is 0 Å². The number of nitro benzene ring substituents is 1. The molecule has 1 aromatic heterocycles. The van der Waals surface area contributed by atoms with Gasteiger partial charge in [-0.25, -0.2) is 4.79 Å². The van der Waals surface area contributed by atoms with Crippen LogP contribution in [0.3, 0.4) is 0 Å². The fourth-order valence-electron chi connectivity index (χ4n) is 2.85. The van der Waals surface area contributed by atoms with E-state index < -0.39 is 10.5 Å². The minimum absolute atomic E-state index is 0.00994. The van der Waals surface area contributed by atoms with Gasteiger partial charge >= 0.3 is 5.63 Å². The van der Waals surface area contributed by atoms with Crippen LogP contribution in [0.25, 0.3) is 11.0 Å². The molecule has 1 aliphatic heterocycles. The maximum atomic E-state index is 12.1. The fraction of sp³-hybridized carbons (Fsp3) is 0.118. The summed E-state index contributed by atoms with van der Waals surface area (Å²) in [6, 6.07) is 13.6. The zero-order chi connectivity index (χ0) is 16.7. The summed E-state index contributed by atoms with van der Waals surface area (Å²) < 4.78 is 10.8. The third-order valence-corrected chi connectivity index (χ3v) is 3.99. The molecule has 7 heteroatoms. The highest BCUT2D eigenvalue weighted by Crippen LogP contribution is 2.32. The van der Waals surface area contributed by atoms with Gasteiger partial charge in [0.25, 0.3) is 5.69 Å². The van der Waals surface area contributed by atoms with E-state index in [2.05, 4.69) is 0 Å². The lowest BCUT2D eigenvalue weighted by Gasteiger charge is -2.30. The molecule has 4 rings (SSSR count). The molecule has 7 nitrogen and oxygen atoms in total. The number of nitro groups is 1. The van der Waals surface area contributed by atoms with Crippen LogP contribution >= 0.6 is 0 Å². The van der Waals surface area contributed by atoms with Gasteiger partial charge in [0, 0.05) is 28.8 Å². The van der Waals surface area contributed by atoms with Crippen LogP contribution in [0, 0.1) is 10.1 Å². The standard InChI is InChI=1S/C17H12N2O5/c20-17-16-14(13-6-1-2-7-15(13)24-17)9-18(10-23-16)11-4-3-5-12(8-11)19(21)22/h1-8H,9-10H2. The Labute approximate surface area is 135 Å². The van der Waals surface area contributed by atoms with E-state index in [0.717, 1.165) is 10.9 Å². The molecule has 0 bridgehead atoms. The minimum Gasteiger partial charge on any atom is -0.465 e. The Balaban J connectivity index is 1.80. The van der Waals surface area contributed by atoms with Gasteiger partial charge in [-0.05, 0) is 12.1 Å². The molecule has 3 aromatic rings. The van der Waals surface area contributed by atoms with Crippen molar-refractivity contribution in [2.24, 2.45) is 0 Å². The zero-order valence-electron chi connectivity index (χ0n) is 12.5. The van der Waals surface area contributed by atoms with Gasteiger partial charge in [0.1, 0.15) is 5.58 Å². The molecular formula is C17H12N2O5. The second kappa shape index (κ2) is 5.38. The number of ether oxygens (including phenoxy) is 1. The number of benzene rings is 2. The Kier molecular flexibility index (Phi) is 3.19. The summed E-state index contributed by atoms with van der Waals surface area (Å²) in [5.74, 6) is 0.204. The van der Waals surface area contributed by atoms with Crippen molar-refractivity contribution in [1.82, 2.24) is 0 Å². The van der Waals surface area contributed by atoms with E-state index in [1.54, 1.807) is 24.3 Å². The molecule has 2 aromatic carbocycles. The first-order chi connectivity index (χ1) is 11.6. The number of para-hydroxylation sites is 1. The number of hydrogen-bond acceptors (Lipinski definition) is 6. The van der Waals surface area contributed by atoms with Crippen molar-refractivity contribution < 1.29 is 14.1 Å². The third kappa shape index (κ3) is 2.26. The van der Waals surface area contributed by atoms with Gasteiger partial charge in [-0.3, -0.25) is 10.1 Å². The summed E-state index contributed by atoms with van der Waals surface area (Å²) in [4.78, 5) is 24.4. The van der Waals surface area contributed by atoms with E-state index in [4.69, 9.17) is 9.15 Å². The first-order valence-electron chi connectivity index (χ1n) is 7.30. The number of non-ortho nitro benzene ring substituents is 1. The number of anilines is 1.